The number of likely N-dealkylation sites (N-methyl/N-ethyl adjacent to an activating group) is 1. The lowest BCUT2D eigenvalue weighted by molar-refractivity contribution is 0.174. The molecule has 2 rings (SSSR count). The Hall–Kier alpha value is -0.900. The highest BCUT2D eigenvalue weighted by atomic mass is 15.2. The van der Waals surface area contributed by atoms with Crippen LogP contribution in [0.3, 0.4) is 0 Å². The van der Waals surface area contributed by atoms with E-state index in [1.54, 1.807) is 0 Å². The first-order valence-corrected chi connectivity index (χ1v) is 7.85. The van der Waals surface area contributed by atoms with E-state index in [1.807, 2.05) is 0 Å². The average Bonchev–Trinajstić information content (AvgIpc) is 2.60. The first-order chi connectivity index (χ1) is 9.60. The summed E-state index contributed by atoms with van der Waals surface area (Å²) in [6.45, 7) is 8.92. The van der Waals surface area contributed by atoms with E-state index < -0.39 is 0 Å². The van der Waals surface area contributed by atoms with Crippen molar-refractivity contribution in [2.24, 2.45) is 5.73 Å². The molecule has 0 saturated carbocycles. The van der Waals surface area contributed by atoms with Gasteiger partial charge in [-0.2, -0.15) is 0 Å². The maximum atomic E-state index is 6.44. The van der Waals surface area contributed by atoms with E-state index in [-0.39, 0.29) is 6.04 Å². The molecule has 3 heteroatoms. The molecule has 1 heterocycles. The van der Waals surface area contributed by atoms with Crippen molar-refractivity contribution in [3.05, 3.63) is 35.4 Å². The molecular formula is C17H29N3. The fraction of sp³-hybridized carbons (Fsp3) is 0.647. The zero-order valence-electron chi connectivity index (χ0n) is 13.2. The third-order valence-corrected chi connectivity index (χ3v) is 4.40. The highest BCUT2D eigenvalue weighted by molar-refractivity contribution is 5.25. The second kappa shape index (κ2) is 7.21. The number of hydrogen-bond donors (Lipinski definition) is 1. The monoisotopic (exact) mass is 275 g/mol. The van der Waals surface area contributed by atoms with Crippen LogP contribution in [0.25, 0.3) is 0 Å². The SMILES string of the molecule is CCC1CN(C)CCCN1CC(N)c1cccc(C)c1. The van der Waals surface area contributed by atoms with Crippen LogP contribution in [0.1, 0.15) is 36.9 Å². The third kappa shape index (κ3) is 4.05. The lowest BCUT2D eigenvalue weighted by Crippen LogP contribution is -2.43. The first-order valence-electron chi connectivity index (χ1n) is 7.85. The van der Waals surface area contributed by atoms with Gasteiger partial charge < -0.3 is 10.6 Å². The van der Waals surface area contributed by atoms with Gasteiger partial charge in [-0.3, -0.25) is 4.90 Å². The summed E-state index contributed by atoms with van der Waals surface area (Å²) in [5, 5.41) is 0. The lowest BCUT2D eigenvalue weighted by atomic mass is 10.0. The Bertz CT molecular complexity index is 418. The smallest absolute Gasteiger partial charge is 0.0424 e. The van der Waals surface area contributed by atoms with Gasteiger partial charge in [0.2, 0.25) is 0 Å². The fourth-order valence-electron chi connectivity index (χ4n) is 3.18. The number of hydrogen-bond acceptors (Lipinski definition) is 3. The largest absolute Gasteiger partial charge is 0.323 e. The minimum Gasteiger partial charge on any atom is -0.323 e. The summed E-state index contributed by atoms with van der Waals surface area (Å²) in [5.41, 5.74) is 9.00. The van der Waals surface area contributed by atoms with Crippen molar-refractivity contribution in [3.63, 3.8) is 0 Å². The summed E-state index contributed by atoms with van der Waals surface area (Å²) >= 11 is 0. The Kier molecular flexibility index (Phi) is 5.58. The van der Waals surface area contributed by atoms with E-state index in [1.165, 1.54) is 37.1 Å². The Labute approximate surface area is 123 Å². The van der Waals surface area contributed by atoms with E-state index in [2.05, 4.69) is 55.0 Å². The summed E-state index contributed by atoms with van der Waals surface area (Å²) in [5.74, 6) is 0. The summed E-state index contributed by atoms with van der Waals surface area (Å²) in [7, 11) is 2.23. The summed E-state index contributed by atoms with van der Waals surface area (Å²) in [6.07, 6.45) is 2.44. The molecule has 0 aliphatic carbocycles. The lowest BCUT2D eigenvalue weighted by Gasteiger charge is -2.32. The molecule has 1 aliphatic heterocycles. The van der Waals surface area contributed by atoms with Gasteiger partial charge >= 0.3 is 0 Å². The van der Waals surface area contributed by atoms with Crippen molar-refractivity contribution < 1.29 is 0 Å². The van der Waals surface area contributed by atoms with Crippen LogP contribution in [0.2, 0.25) is 0 Å². The molecule has 0 amide bonds. The molecule has 1 aromatic carbocycles. The van der Waals surface area contributed by atoms with Crippen LogP contribution in [0, 0.1) is 6.92 Å². The van der Waals surface area contributed by atoms with Crippen molar-refractivity contribution >= 4 is 0 Å². The quantitative estimate of drug-likeness (QED) is 0.916. The van der Waals surface area contributed by atoms with Gasteiger partial charge in [-0.1, -0.05) is 36.8 Å². The average molecular weight is 275 g/mol. The molecule has 2 atom stereocenters. The highest BCUT2D eigenvalue weighted by Gasteiger charge is 2.23. The van der Waals surface area contributed by atoms with Gasteiger partial charge in [0.25, 0.3) is 0 Å². The van der Waals surface area contributed by atoms with Crippen LogP contribution in [-0.2, 0) is 0 Å². The number of benzene rings is 1. The maximum Gasteiger partial charge on any atom is 0.0424 e. The van der Waals surface area contributed by atoms with E-state index in [0.29, 0.717) is 6.04 Å². The van der Waals surface area contributed by atoms with Gasteiger partial charge in [0.05, 0.1) is 0 Å². The molecule has 0 radical (unpaired) electrons. The minimum atomic E-state index is 0.118. The van der Waals surface area contributed by atoms with Crippen molar-refractivity contribution in [1.82, 2.24) is 9.80 Å². The molecule has 1 aromatic rings. The van der Waals surface area contributed by atoms with Crippen LogP contribution < -0.4 is 5.73 Å². The maximum absolute atomic E-state index is 6.44. The van der Waals surface area contributed by atoms with Gasteiger partial charge in [0, 0.05) is 25.2 Å². The Morgan fingerprint density at radius 3 is 2.85 bits per heavy atom. The first kappa shape index (κ1) is 15.5. The van der Waals surface area contributed by atoms with E-state index in [9.17, 15) is 0 Å². The van der Waals surface area contributed by atoms with E-state index in [0.717, 1.165) is 13.1 Å². The molecule has 2 unspecified atom stereocenters. The Balaban J connectivity index is 2.03. The molecule has 1 aliphatic rings. The summed E-state index contributed by atoms with van der Waals surface area (Å²) in [6, 6.07) is 9.37. The highest BCUT2D eigenvalue weighted by Crippen LogP contribution is 2.18. The summed E-state index contributed by atoms with van der Waals surface area (Å²) in [4.78, 5) is 5.04. The Morgan fingerprint density at radius 2 is 2.15 bits per heavy atom. The predicted molar refractivity (Wildman–Crippen MR) is 85.9 cm³/mol. The fourth-order valence-corrected chi connectivity index (χ4v) is 3.18. The second-order valence-corrected chi connectivity index (χ2v) is 6.19. The van der Waals surface area contributed by atoms with Crippen LogP contribution in [0.15, 0.2) is 24.3 Å². The van der Waals surface area contributed by atoms with Crippen molar-refractivity contribution in [2.45, 2.75) is 38.8 Å². The molecule has 1 saturated heterocycles. The normalized spacial score (nSPS) is 23.5. The van der Waals surface area contributed by atoms with Gasteiger partial charge in [-0.25, -0.2) is 0 Å². The van der Waals surface area contributed by atoms with E-state index >= 15 is 0 Å². The molecule has 0 bridgehead atoms. The molecule has 2 N–H and O–H groups in total. The molecule has 3 nitrogen and oxygen atoms in total. The van der Waals surface area contributed by atoms with E-state index in [4.69, 9.17) is 5.73 Å². The number of rotatable bonds is 4. The van der Waals surface area contributed by atoms with Crippen molar-refractivity contribution in [2.75, 3.05) is 33.2 Å². The number of nitrogens with zero attached hydrogens (tertiary/aromatic N) is 2. The Morgan fingerprint density at radius 1 is 1.35 bits per heavy atom. The van der Waals surface area contributed by atoms with Crippen molar-refractivity contribution in [1.29, 1.82) is 0 Å². The molecule has 112 valence electrons. The van der Waals surface area contributed by atoms with Gasteiger partial charge in [-0.15, -0.1) is 0 Å². The number of nitrogens with two attached hydrogens (primary N) is 1. The predicted octanol–water partition coefficient (Wildman–Crippen LogP) is 2.41. The van der Waals surface area contributed by atoms with Crippen LogP contribution in [0.4, 0.5) is 0 Å². The molecule has 20 heavy (non-hydrogen) atoms. The van der Waals surface area contributed by atoms with Crippen molar-refractivity contribution in [3.8, 4) is 0 Å². The summed E-state index contributed by atoms with van der Waals surface area (Å²) < 4.78 is 0. The van der Waals surface area contributed by atoms with Crippen LogP contribution in [0.5, 0.6) is 0 Å². The zero-order valence-corrected chi connectivity index (χ0v) is 13.2. The molecular weight excluding hydrogens is 246 g/mol. The third-order valence-electron chi connectivity index (χ3n) is 4.40. The molecule has 0 aromatic heterocycles. The zero-order chi connectivity index (χ0) is 14.5. The van der Waals surface area contributed by atoms with Crippen LogP contribution in [-0.4, -0.2) is 49.1 Å². The van der Waals surface area contributed by atoms with Gasteiger partial charge in [0.15, 0.2) is 0 Å². The van der Waals surface area contributed by atoms with Gasteiger partial charge in [-0.05, 0) is 45.5 Å². The topological polar surface area (TPSA) is 32.5 Å². The van der Waals surface area contributed by atoms with Crippen LogP contribution >= 0.6 is 0 Å². The molecule has 1 fully saturated rings. The second-order valence-electron chi connectivity index (χ2n) is 6.19. The molecule has 0 spiro atoms. The number of aryl methyl sites for hydroxylation is 1. The standard InChI is InChI=1S/C17H29N3/c1-4-16-12-19(3)9-6-10-20(16)13-17(18)15-8-5-7-14(2)11-15/h5,7-8,11,16-17H,4,6,9-10,12-13,18H2,1-3H3. The minimum absolute atomic E-state index is 0.118. The van der Waals surface area contributed by atoms with Gasteiger partial charge in [0.1, 0.15) is 0 Å².